The average Bonchev–Trinajstić information content (AvgIpc) is 2.16. The van der Waals surface area contributed by atoms with Gasteiger partial charge in [0.25, 0.3) is 0 Å². The maximum absolute atomic E-state index is 10.8. The Kier molecular flexibility index (Phi) is 4.29. The molecule has 0 saturated carbocycles. The lowest BCUT2D eigenvalue weighted by Crippen LogP contribution is -2.12. The SMILES string of the molecule is COC(=O)CCNc1nc(N)cc(Br)n1. The van der Waals surface area contributed by atoms with Crippen LogP contribution in [-0.2, 0) is 9.53 Å². The lowest BCUT2D eigenvalue weighted by molar-refractivity contribution is -0.140. The second kappa shape index (κ2) is 5.50. The first-order chi connectivity index (χ1) is 7.11. The molecule has 0 bridgehead atoms. The van der Waals surface area contributed by atoms with Crippen molar-refractivity contribution in [3.8, 4) is 0 Å². The van der Waals surface area contributed by atoms with Crippen LogP contribution in [0.2, 0.25) is 0 Å². The summed E-state index contributed by atoms with van der Waals surface area (Å²) in [6.07, 6.45) is 0.256. The van der Waals surface area contributed by atoms with Crippen molar-refractivity contribution in [3.05, 3.63) is 10.7 Å². The molecule has 0 unspecified atom stereocenters. The molecule has 0 fully saturated rings. The molecule has 0 atom stereocenters. The van der Waals surface area contributed by atoms with Crippen LogP contribution in [0.15, 0.2) is 10.7 Å². The van der Waals surface area contributed by atoms with E-state index in [0.717, 1.165) is 0 Å². The van der Waals surface area contributed by atoms with Crippen molar-refractivity contribution >= 4 is 33.7 Å². The maximum Gasteiger partial charge on any atom is 0.307 e. The number of anilines is 2. The second-order valence-corrected chi connectivity index (χ2v) is 3.50. The van der Waals surface area contributed by atoms with Crippen molar-refractivity contribution in [2.24, 2.45) is 0 Å². The van der Waals surface area contributed by atoms with Crippen LogP contribution in [0.4, 0.5) is 11.8 Å². The zero-order valence-corrected chi connectivity index (χ0v) is 9.74. The quantitative estimate of drug-likeness (QED) is 0.624. The molecule has 0 aliphatic heterocycles. The van der Waals surface area contributed by atoms with Gasteiger partial charge in [0, 0.05) is 12.6 Å². The molecule has 0 spiro atoms. The summed E-state index contributed by atoms with van der Waals surface area (Å²) in [4.78, 5) is 18.7. The fourth-order valence-corrected chi connectivity index (χ4v) is 1.30. The van der Waals surface area contributed by atoms with Crippen molar-refractivity contribution in [2.75, 3.05) is 24.7 Å². The lowest BCUT2D eigenvalue weighted by Gasteiger charge is -2.04. The Bertz CT molecular complexity index is 338. The molecule has 15 heavy (non-hydrogen) atoms. The molecule has 1 heterocycles. The minimum Gasteiger partial charge on any atom is -0.469 e. The predicted octanol–water partition coefficient (Wildman–Crippen LogP) is 0.796. The Morgan fingerprint density at radius 2 is 2.40 bits per heavy atom. The summed E-state index contributed by atoms with van der Waals surface area (Å²) in [5.41, 5.74) is 5.50. The number of rotatable bonds is 4. The van der Waals surface area contributed by atoms with Gasteiger partial charge in [-0.1, -0.05) is 0 Å². The van der Waals surface area contributed by atoms with Crippen LogP contribution < -0.4 is 11.1 Å². The summed E-state index contributed by atoms with van der Waals surface area (Å²) >= 11 is 3.18. The number of nitrogens with two attached hydrogens (primary N) is 1. The molecule has 0 aliphatic rings. The van der Waals surface area contributed by atoms with Crippen LogP contribution in [-0.4, -0.2) is 29.6 Å². The van der Waals surface area contributed by atoms with Gasteiger partial charge in [-0.25, -0.2) is 4.98 Å². The number of carbonyl (C=O) groups excluding carboxylic acids is 1. The van der Waals surface area contributed by atoms with Gasteiger partial charge in [-0.15, -0.1) is 0 Å². The third kappa shape index (κ3) is 4.11. The van der Waals surface area contributed by atoms with Crippen molar-refractivity contribution in [1.29, 1.82) is 0 Å². The van der Waals surface area contributed by atoms with E-state index in [-0.39, 0.29) is 12.4 Å². The van der Waals surface area contributed by atoms with Crippen LogP contribution in [0.1, 0.15) is 6.42 Å². The molecule has 82 valence electrons. The summed E-state index contributed by atoms with van der Waals surface area (Å²) in [6, 6.07) is 1.59. The Hall–Kier alpha value is -1.37. The Morgan fingerprint density at radius 1 is 1.67 bits per heavy atom. The summed E-state index contributed by atoms with van der Waals surface area (Å²) in [5.74, 6) is 0.452. The van der Waals surface area contributed by atoms with E-state index < -0.39 is 0 Å². The molecule has 1 rings (SSSR count). The van der Waals surface area contributed by atoms with E-state index in [1.807, 2.05) is 0 Å². The molecule has 0 amide bonds. The number of esters is 1. The highest BCUT2D eigenvalue weighted by Crippen LogP contribution is 2.11. The van der Waals surface area contributed by atoms with Crippen molar-refractivity contribution in [3.63, 3.8) is 0 Å². The molecule has 0 radical (unpaired) electrons. The molecule has 3 N–H and O–H groups in total. The van der Waals surface area contributed by atoms with Gasteiger partial charge >= 0.3 is 5.97 Å². The average molecular weight is 275 g/mol. The van der Waals surface area contributed by atoms with E-state index in [2.05, 4.69) is 36.0 Å². The summed E-state index contributed by atoms with van der Waals surface area (Å²) in [5, 5.41) is 2.86. The van der Waals surface area contributed by atoms with Crippen LogP contribution in [0.3, 0.4) is 0 Å². The van der Waals surface area contributed by atoms with E-state index in [4.69, 9.17) is 5.73 Å². The molecular weight excluding hydrogens is 264 g/mol. The van der Waals surface area contributed by atoms with Gasteiger partial charge in [0.1, 0.15) is 10.4 Å². The van der Waals surface area contributed by atoms with Gasteiger partial charge in [0.05, 0.1) is 13.5 Å². The lowest BCUT2D eigenvalue weighted by atomic mass is 10.4. The summed E-state index contributed by atoms with van der Waals surface area (Å²) < 4.78 is 5.08. The van der Waals surface area contributed by atoms with Gasteiger partial charge in [0.2, 0.25) is 5.95 Å². The number of aromatic nitrogens is 2. The number of hydrogen-bond donors (Lipinski definition) is 2. The van der Waals surface area contributed by atoms with Crippen LogP contribution in [0.25, 0.3) is 0 Å². The van der Waals surface area contributed by atoms with Crippen molar-refractivity contribution in [2.45, 2.75) is 6.42 Å². The van der Waals surface area contributed by atoms with Gasteiger partial charge in [-0.2, -0.15) is 4.98 Å². The van der Waals surface area contributed by atoms with E-state index in [1.54, 1.807) is 6.07 Å². The number of ether oxygens (including phenoxy) is 1. The fourth-order valence-electron chi connectivity index (χ4n) is 0.893. The summed E-state index contributed by atoms with van der Waals surface area (Å²) in [7, 11) is 1.34. The standard InChI is InChI=1S/C8H11BrN4O2/c1-15-7(14)2-3-11-8-12-5(9)4-6(10)13-8/h4H,2-3H2,1H3,(H3,10,11,12,13). The van der Waals surface area contributed by atoms with E-state index in [1.165, 1.54) is 7.11 Å². The monoisotopic (exact) mass is 274 g/mol. The van der Waals surface area contributed by atoms with Crippen LogP contribution in [0.5, 0.6) is 0 Å². The predicted molar refractivity (Wildman–Crippen MR) is 59.3 cm³/mol. The van der Waals surface area contributed by atoms with E-state index in [0.29, 0.717) is 22.9 Å². The Labute approximate surface area is 95.4 Å². The zero-order valence-electron chi connectivity index (χ0n) is 8.16. The van der Waals surface area contributed by atoms with Gasteiger partial charge < -0.3 is 15.8 Å². The highest BCUT2D eigenvalue weighted by molar-refractivity contribution is 9.10. The Morgan fingerprint density at radius 3 is 3.00 bits per heavy atom. The van der Waals surface area contributed by atoms with Crippen LogP contribution in [0, 0.1) is 0 Å². The number of nitrogen functional groups attached to an aromatic ring is 1. The number of halogens is 1. The number of methoxy groups -OCH3 is 1. The van der Waals surface area contributed by atoms with E-state index in [9.17, 15) is 4.79 Å². The first-order valence-electron chi connectivity index (χ1n) is 4.22. The smallest absolute Gasteiger partial charge is 0.307 e. The number of carbonyl (C=O) groups is 1. The molecule has 6 nitrogen and oxygen atoms in total. The molecule has 0 aliphatic carbocycles. The first kappa shape index (κ1) is 11.7. The number of nitrogens with one attached hydrogen (secondary N) is 1. The molecular formula is C8H11BrN4O2. The third-order valence-corrected chi connectivity index (χ3v) is 1.96. The molecule has 1 aromatic rings. The minimum atomic E-state index is -0.287. The van der Waals surface area contributed by atoms with E-state index >= 15 is 0 Å². The third-order valence-electron chi connectivity index (χ3n) is 1.55. The Balaban J connectivity index is 2.47. The highest BCUT2D eigenvalue weighted by Gasteiger charge is 2.02. The maximum atomic E-state index is 10.8. The molecule has 0 saturated heterocycles. The molecule has 1 aromatic heterocycles. The number of nitrogens with zero attached hydrogens (tertiary/aromatic N) is 2. The van der Waals surface area contributed by atoms with Crippen LogP contribution >= 0.6 is 15.9 Å². The first-order valence-corrected chi connectivity index (χ1v) is 5.02. The van der Waals surface area contributed by atoms with Gasteiger partial charge in [0.15, 0.2) is 0 Å². The van der Waals surface area contributed by atoms with Crippen molar-refractivity contribution < 1.29 is 9.53 Å². The normalized spacial score (nSPS) is 9.73. The highest BCUT2D eigenvalue weighted by atomic mass is 79.9. The summed E-state index contributed by atoms with van der Waals surface area (Å²) in [6.45, 7) is 0.405. The largest absolute Gasteiger partial charge is 0.469 e. The topological polar surface area (TPSA) is 90.1 Å². The molecule has 0 aromatic carbocycles. The fraction of sp³-hybridized carbons (Fsp3) is 0.375. The van der Waals surface area contributed by atoms with Gasteiger partial charge in [-0.05, 0) is 15.9 Å². The second-order valence-electron chi connectivity index (χ2n) is 2.69. The van der Waals surface area contributed by atoms with Gasteiger partial charge in [-0.3, -0.25) is 4.79 Å². The molecule has 7 heteroatoms. The minimum absolute atomic E-state index is 0.256. The number of hydrogen-bond acceptors (Lipinski definition) is 6. The van der Waals surface area contributed by atoms with Crippen molar-refractivity contribution in [1.82, 2.24) is 9.97 Å². The zero-order chi connectivity index (χ0) is 11.3.